The predicted octanol–water partition coefficient (Wildman–Crippen LogP) is 1.95. The highest BCUT2D eigenvalue weighted by Gasteiger charge is 2.40. The number of rotatable bonds is 2. The van der Waals surface area contributed by atoms with Crippen LogP contribution in [0.1, 0.15) is 19.3 Å². The van der Waals surface area contributed by atoms with Crippen molar-refractivity contribution in [1.82, 2.24) is 20.5 Å². The summed E-state index contributed by atoms with van der Waals surface area (Å²) in [5.74, 6) is 0. The van der Waals surface area contributed by atoms with E-state index in [-0.39, 0.29) is 5.54 Å². The van der Waals surface area contributed by atoms with Gasteiger partial charge in [-0.25, -0.2) is 0 Å². The Balaban J connectivity index is 1.65. The summed E-state index contributed by atoms with van der Waals surface area (Å²) in [5.41, 5.74) is 1.05. The van der Waals surface area contributed by atoms with Gasteiger partial charge < -0.3 is 15.0 Å². The van der Waals surface area contributed by atoms with Crippen molar-refractivity contribution < 1.29 is 4.74 Å². The lowest BCUT2D eigenvalue weighted by Gasteiger charge is -2.45. The molecule has 1 N–H and O–H groups in total. The summed E-state index contributed by atoms with van der Waals surface area (Å²) >= 11 is 1.64. The van der Waals surface area contributed by atoms with E-state index in [1.54, 1.807) is 17.5 Å². The fourth-order valence-corrected chi connectivity index (χ4v) is 4.45. The molecule has 0 saturated carbocycles. The quantitative estimate of drug-likeness (QED) is 0.907. The van der Waals surface area contributed by atoms with Gasteiger partial charge in [0.05, 0.1) is 0 Å². The van der Waals surface area contributed by atoms with Gasteiger partial charge in [-0.2, -0.15) is 0 Å². The van der Waals surface area contributed by atoms with Gasteiger partial charge in [-0.3, -0.25) is 4.98 Å². The molecule has 0 aromatic carbocycles. The summed E-state index contributed by atoms with van der Waals surface area (Å²) in [4.78, 5) is 6.86. The van der Waals surface area contributed by atoms with Crippen LogP contribution < -0.4 is 10.2 Å². The first-order valence-electron chi connectivity index (χ1n) is 8.18. The van der Waals surface area contributed by atoms with Crippen LogP contribution in [0.3, 0.4) is 0 Å². The van der Waals surface area contributed by atoms with E-state index in [4.69, 9.17) is 4.74 Å². The molecule has 0 bridgehead atoms. The molecule has 23 heavy (non-hydrogen) atoms. The van der Waals surface area contributed by atoms with Gasteiger partial charge in [0.25, 0.3) is 0 Å². The summed E-state index contributed by atoms with van der Waals surface area (Å²) in [6.45, 7) is 4.69. The lowest BCUT2D eigenvalue weighted by Crippen LogP contribution is -2.52. The van der Waals surface area contributed by atoms with Gasteiger partial charge in [-0.1, -0.05) is 17.4 Å². The third-order valence-corrected chi connectivity index (χ3v) is 5.77. The molecule has 0 aliphatic carbocycles. The minimum Gasteiger partial charge on any atom is -0.381 e. The van der Waals surface area contributed by atoms with Crippen LogP contribution in [0.25, 0.3) is 10.7 Å². The zero-order valence-corrected chi connectivity index (χ0v) is 13.9. The molecule has 2 saturated heterocycles. The molecule has 2 aliphatic rings. The Morgan fingerprint density at radius 2 is 2.04 bits per heavy atom. The average molecular weight is 331 g/mol. The maximum atomic E-state index is 5.61. The number of aromatic nitrogens is 3. The second-order valence-corrected chi connectivity index (χ2v) is 7.05. The topological polar surface area (TPSA) is 63.2 Å². The first kappa shape index (κ1) is 15.0. The fourth-order valence-electron chi connectivity index (χ4n) is 3.50. The molecule has 1 spiro atoms. The van der Waals surface area contributed by atoms with Crippen molar-refractivity contribution in [3.63, 3.8) is 0 Å². The molecule has 2 aliphatic heterocycles. The standard InChI is InChI=1S/C16H21N5OS/c1-2-7-18-13(3-1)14-19-20-15(23-14)21-10-9-17-8-4-16(21)5-11-22-12-6-16/h1-3,7,17H,4-6,8-12H2. The molecular weight excluding hydrogens is 310 g/mol. The average Bonchev–Trinajstić information content (AvgIpc) is 3.01. The van der Waals surface area contributed by atoms with Crippen LogP contribution in [0.15, 0.2) is 24.4 Å². The Morgan fingerprint density at radius 1 is 1.13 bits per heavy atom. The Kier molecular flexibility index (Phi) is 4.24. The van der Waals surface area contributed by atoms with Crippen LogP contribution >= 0.6 is 11.3 Å². The van der Waals surface area contributed by atoms with E-state index in [0.29, 0.717) is 0 Å². The number of nitrogens with one attached hydrogen (secondary N) is 1. The van der Waals surface area contributed by atoms with Crippen LogP contribution in [0.2, 0.25) is 0 Å². The van der Waals surface area contributed by atoms with Gasteiger partial charge in [0, 0.05) is 38.0 Å². The van der Waals surface area contributed by atoms with E-state index in [1.165, 1.54) is 0 Å². The number of hydrogen-bond acceptors (Lipinski definition) is 7. The third kappa shape index (κ3) is 2.96. The van der Waals surface area contributed by atoms with Crippen LogP contribution in [-0.4, -0.2) is 53.6 Å². The second kappa shape index (κ2) is 6.51. The minimum atomic E-state index is 0.155. The molecule has 0 radical (unpaired) electrons. The van der Waals surface area contributed by atoms with Crippen molar-refractivity contribution >= 4 is 16.5 Å². The summed E-state index contributed by atoms with van der Waals surface area (Å²) in [5, 5.41) is 14.3. The van der Waals surface area contributed by atoms with E-state index >= 15 is 0 Å². The highest BCUT2D eigenvalue weighted by atomic mass is 32.1. The van der Waals surface area contributed by atoms with Crippen molar-refractivity contribution in [1.29, 1.82) is 0 Å². The van der Waals surface area contributed by atoms with Crippen LogP contribution in [-0.2, 0) is 4.74 Å². The van der Waals surface area contributed by atoms with Crippen LogP contribution in [0, 0.1) is 0 Å². The number of pyridine rings is 1. The largest absolute Gasteiger partial charge is 0.381 e. The van der Waals surface area contributed by atoms with Crippen molar-refractivity contribution in [3.05, 3.63) is 24.4 Å². The second-order valence-electron chi connectivity index (χ2n) is 6.09. The zero-order valence-electron chi connectivity index (χ0n) is 13.1. The molecule has 0 amide bonds. The first-order chi connectivity index (χ1) is 11.4. The Morgan fingerprint density at radius 3 is 2.87 bits per heavy atom. The predicted molar refractivity (Wildman–Crippen MR) is 90.8 cm³/mol. The van der Waals surface area contributed by atoms with Crippen LogP contribution in [0.4, 0.5) is 5.13 Å². The van der Waals surface area contributed by atoms with E-state index in [1.807, 2.05) is 18.2 Å². The van der Waals surface area contributed by atoms with Gasteiger partial charge in [-0.05, 0) is 37.9 Å². The number of hydrogen-bond donors (Lipinski definition) is 1. The molecular formula is C16H21N5OS. The highest BCUT2D eigenvalue weighted by Crippen LogP contribution is 2.38. The van der Waals surface area contributed by atoms with E-state index < -0.39 is 0 Å². The molecule has 4 rings (SSSR count). The normalized spacial score (nSPS) is 21.3. The maximum absolute atomic E-state index is 5.61. The molecule has 4 heterocycles. The summed E-state index contributed by atoms with van der Waals surface area (Å²) in [6, 6.07) is 5.89. The number of anilines is 1. The molecule has 2 aromatic heterocycles. The van der Waals surface area contributed by atoms with Gasteiger partial charge in [0.2, 0.25) is 5.13 Å². The Labute approximate surface area is 139 Å². The maximum Gasteiger partial charge on any atom is 0.209 e. The molecule has 7 heteroatoms. The number of nitrogens with zero attached hydrogens (tertiary/aromatic N) is 4. The third-order valence-electron chi connectivity index (χ3n) is 4.80. The van der Waals surface area contributed by atoms with Crippen molar-refractivity contribution in [2.45, 2.75) is 24.8 Å². The molecule has 6 nitrogen and oxygen atoms in total. The Hall–Kier alpha value is -1.57. The summed E-state index contributed by atoms with van der Waals surface area (Å²) in [6.07, 6.45) is 5.06. The smallest absolute Gasteiger partial charge is 0.209 e. The summed E-state index contributed by atoms with van der Waals surface area (Å²) in [7, 11) is 0. The van der Waals surface area contributed by atoms with E-state index in [2.05, 4.69) is 25.4 Å². The lowest BCUT2D eigenvalue weighted by molar-refractivity contribution is 0.0487. The van der Waals surface area contributed by atoms with Gasteiger partial charge in [0.1, 0.15) is 5.69 Å². The SMILES string of the molecule is c1ccc(-c2nnc(N3CCNCCC34CCOCC4)s2)nc1. The molecule has 0 atom stereocenters. The zero-order chi connectivity index (χ0) is 15.5. The molecule has 2 aromatic rings. The minimum absolute atomic E-state index is 0.155. The lowest BCUT2D eigenvalue weighted by atomic mass is 9.85. The monoisotopic (exact) mass is 331 g/mol. The molecule has 0 unspecified atom stereocenters. The van der Waals surface area contributed by atoms with Gasteiger partial charge in [-0.15, -0.1) is 10.2 Å². The highest BCUT2D eigenvalue weighted by molar-refractivity contribution is 7.18. The number of ether oxygens (including phenoxy) is 1. The van der Waals surface area contributed by atoms with Crippen LogP contribution in [0.5, 0.6) is 0 Å². The molecule has 2 fully saturated rings. The van der Waals surface area contributed by atoms with Crippen molar-refractivity contribution in [3.8, 4) is 10.7 Å². The van der Waals surface area contributed by atoms with Crippen molar-refractivity contribution in [2.75, 3.05) is 37.7 Å². The van der Waals surface area contributed by atoms with Gasteiger partial charge in [0.15, 0.2) is 5.01 Å². The van der Waals surface area contributed by atoms with E-state index in [9.17, 15) is 0 Å². The Bertz CT molecular complexity index is 641. The van der Waals surface area contributed by atoms with Crippen molar-refractivity contribution in [2.24, 2.45) is 0 Å². The van der Waals surface area contributed by atoms with E-state index in [0.717, 1.165) is 67.9 Å². The summed E-state index contributed by atoms with van der Waals surface area (Å²) < 4.78 is 5.61. The first-order valence-corrected chi connectivity index (χ1v) is 9.00. The molecule has 122 valence electrons. The van der Waals surface area contributed by atoms with Gasteiger partial charge >= 0.3 is 0 Å². The fraction of sp³-hybridized carbons (Fsp3) is 0.562.